The fourth-order valence-corrected chi connectivity index (χ4v) is 1.25. The molecule has 0 saturated heterocycles. The van der Waals surface area contributed by atoms with E-state index in [0.29, 0.717) is 10.6 Å². The molecule has 1 atom stereocenters. The van der Waals surface area contributed by atoms with Crippen LogP contribution in [0.15, 0.2) is 24.8 Å². The smallest absolute Gasteiger partial charge is 0.122 e. The zero-order valence-corrected chi connectivity index (χ0v) is 8.17. The molecule has 0 unspecified atom stereocenters. The highest BCUT2D eigenvalue weighted by Crippen LogP contribution is 2.29. The van der Waals surface area contributed by atoms with Gasteiger partial charge in [0.2, 0.25) is 0 Å². The van der Waals surface area contributed by atoms with Crippen molar-refractivity contribution >= 4 is 11.6 Å². The second-order valence-corrected chi connectivity index (χ2v) is 3.33. The van der Waals surface area contributed by atoms with E-state index >= 15 is 0 Å². The molecule has 13 heavy (non-hydrogen) atoms. The van der Waals surface area contributed by atoms with Gasteiger partial charge in [0.15, 0.2) is 0 Å². The zero-order chi connectivity index (χ0) is 10.0. The summed E-state index contributed by atoms with van der Waals surface area (Å²) in [5.74, 6) is 0.114. The number of hydrogen-bond donors (Lipinski definition) is 2. The molecular formula is C10H12ClNO. The molecule has 0 aliphatic rings. The van der Waals surface area contributed by atoms with Crippen molar-refractivity contribution in [1.82, 2.24) is 0 Å². The van der Waals surface area contributed by atoms with Crippen molar-refractivity contribution < 1.29 is 5.11 Å². The lowest BCUT2D eigenvalue weighted by atomic mass is 10.0. The van der Waals surface area contributed by atoms with Crippen LogP contribution in [0.1, 0.15) is 17.2 Å². The first-order valence-corrected chi connectivity index (χ1v) is 4.31. The van der Waals surface area contributed by atoms with E-state index in [1.807, 2.05) is 6.92 Å². The lowest BCUT2D eigenvalue weighted by molar-refractivity contribution is 0.466. The van der Waals surface area contributed by atoms with Gasteiger partial charge in [-0.05, 0) is 24.6 Å². The van der Waals surface area contributed by atoms with E-state index in [1.165, 1.54) is 6.07 Å². The number of aryl methyl sites for hydroxylation is 1. The van der Waals surface area contributed by atoms with Crippen molar-refractivity contribution in [1.29, 1.82) is 0 Å². The summed E-state index contributed by atoms with van der Waals surface area (Å²) in [7, 11) is 0. The normalized spacial score (nSPS) is 12.5. The van der Waals surface area contributed by atoms with E-state index in [0.717, 1.165) is 5.56 Å². The quantitative estimate of drug-likeness (QED) is 0.716. The maximum Gasteiger partial charge on any atom is 0.122 e. The number of aromatic hydroxyl groups is 1. The zero-order valence-electron chi connectivity index (χ0n) is 7.42. The first kappa shape index (κ1) is 10.1. The first-order valence-electron chi connectivity index (χ1n) is 3.93. The maximum atomic E-state index is 9.51. The number of benzene rings is 1. The topological polar surface area (TPSA) is 46.2 Å². The Kier molecular flexibility index (Phi) is 2.96. The van der Waals surface area contributed by atoms with E-state index in [1.54, 1.807) is 12.1 Å². The van der Waals surface area contributed by atoms with Crippen LogP contribution in [0, 0.1) is 6.92 Å². The van der Waals surface area contributed by atoms with Gasteiger partial charge in [0, 0.05) is 10.6 Å². The van der Waals surface area contributed by atoms with Gasteiger partial charge in [0.25, 0.3) is 0 Å². The van der Waals surface area contributed by atoms with Crippen LogP contribution < -0.4 is 5.73 Å². The summed E-state index contributed by atoms with van der Waals surface area (Å²) in [5, 5.41) is 10.0. The highest BCUT2D eigenvalue weighted by molar-refractivity contribution is 6.31. The van der Waals surface area contributed by atoms with Gasteiger partial charge >= 0.3 is 0 Å². The van der Waals surface area contributed by atoms with Gasteiger partial charge in [-0.2, -0.15) is 0 Å². The predicted molar refractivity (Wildman–Crippen MR) is 55.0 cm³/mol. The van der Waals surface area contributed by atoms with Crippen LogP contribution >= 0.6 is 11.6 Å². The average Bonchev–Trinajstić information content (AvgIpc) is 2.10. The fraction of sp³-hybridized carbons (Fsp3) is 0.200. The van der Waals surface area contributed by atoms with Gasteiger partial charge in [0.05, 0.1) is 6.04 Å². The minimum Gasteiger partial charge on any atom is -0.508 e. The minimum absolute atomic E-state index is 0.114. The molecular weight excluding hydrogens is 186 g/mol. The van der Waals surface area contributed by atoms with Crippen LogP contribution in [-0.2, 0) is 0 Å². The van der Waals surface area contributed by atoms with E-state index in [-0.39, 0.29) is 11.8 Å². The third-order valence-electron chi connectivity index (χ3n) is 1.92. The van der Waals surface area contributed by atoms with Gasteiger partial charge in [-0.25, -0.2) is 0 Å². The molecule has 1 aromatic rings. The SMILES string of the molecule is C=C[C@@H](N)c1cc(C)c(Cl)cc1O. The van der Waals surface area contributed by atoms with Gasteiger partial charge in [-0.3, -0.25) is 0 Å². The summed E-state index contributed by atoms with van der Waals surface area (Å²) in [5.41, 5.74) is 7.24. The Morgan fingerprint density at radius 2 is 2.23 bits per heavy atom. The van der Waals surface area contributed by atoms with Crippen molar-refractivity contribution in [3.05, 3.63) is 40.9 Å². The van der Waals surface area contributed by atoms with Crippen molar-refractivity contribution in [2.75, 3.05) is 0 Å². The highest BCUT2D eigenvalue weighted by Gasteiger charge is 2.09. The number of rotatable bonds is 2. The molecule has 0 spiro atoms. The Balaban J connectivity index is 3.22. The van der Waals surface area contributed by atoms with E-state index in [2.05, 4.69) is 6.58 Å². The molecule has 2 nitrogen and oxygen atoms in total. The summed E-state index contributed by atoms with van der Waals surface area (Å²) in [6.07, 6.45) is 1.57. The molecule has 0 aliphatic carbocycles. The molecule has 1 aromatic carbocycles. The number of hydrogen-bond acceptors (Lipinski definition) is 2. The first-order chi connectivity index (χ1) is 6.06. The van der Waals surface area contributed by atoms with Crippen molar-refractivity contribution in [2.45, 2.75) is 13.0 Å². The lowest BCUT2D eigenvalue weighted by Crippen LogP contribution is -2.06. The average molecular weight is 198 g/mol. The van der Waals surface area contributed by atoms with Crippen LogP contribution in [0.25, 0.3) is 0 Å². The molecule has 0 heterocycles. The predicted octanol–water partition coefficient (Wildman–Crippen LogP) is 2.54. The number of nitrogens with two attached hydrogens (primary N) is 1. The van der Waals surface area contributed by atoms with Crippen molar-refractivity contribution in [3.63, 3.8) is 0 Å². The Morgan fingerprint density at radius 1 is 1.62 bits per heavy atom. The van der Waals surface area contributed by atoms with E-state index in [9.17, 15) is 5.11 Å². The second-order valence-electron chi connectivity index (χ2n) is 2.92. The summed E-state index contributed by atoms with van der Waals surface area (Å²) < 4.78 is 0. The van der Waals surface area contributed by atoms with Crippen LogP contribution in [0.3, 0.4) is 0 Å². The lowest BCUT2D eigenvalue weighted by Gasteiger charge is -2.10. The van der Waals surface area contributed by atoms with Crippen LogP contribution in [0.4, 0.5) is 0 Å². The number of halogens is 1. The molecule has 0 aliphatic heterocycles. The van der Waals surface area contributed by atoms with Gasteiger partial charge in [0.1, 0.15) is 5.75 Å². The molecule has 3 heteroatoms. The summed E-state index contributed by atoms with van der Waals surface area (Å²) in [6, 6.07) is 2.91. The Hall–Kier alpha value is -0.990. The Morgan fingerprint density at radius 3 is 2.77 bits per heavy atom. The van der Waals surface area contributed by atoms with E-state index in [4.69, 9.17) is 17.3 Å². The number of phenols is 1. The molecule has 3 N–H and O–H groups in total. The van der Waals surface area contributed by atoms with E-state index < -0.39 is 0 Å². The molecule has 0 saturated carbocycles. The maximum absolute atomic E-state index is 9.51. The van der Waals surface area contributed by atoms with Gasteiger partial charge in [-0.15, -0.1) is 6.58 Å². The van der Waals surface area contributed by atoms with Crippen molar-refractivity contribution in [3.8, 4) is 5.75 Å². The highest BCUT2D eigenvalue weighted by atomic mass is 35.5. The molecule has 1 rings (SSSR count). The van der Waals surface area contributed by atoms with Gasteiger partial charge in [-0.1, -0.05) is 17.7 Å². The summed E-state index contributed by atoms with van der Waals surface area (Å²) in [6.45, 7) is 5.42. The van der Waals surface area contributed by atoms with Gasteiger partial charge < -0.3 is 10.8 Å². The van der Waals surface area contributed by atoms with Crippen LogP contribution in [0.5, 0.6) is 5.75 Å². The summed E-state index contributed by atoms with van der Waals surface area (Å²) in [4.78, 5) is 0. The molecule has 0 fully saturated rings. The third-order valence-corrected chi connectivity index (χ3v) is 2.33. The van der Waals surface area contributed by atoms with Crippen LogP contribution in [-0.4, -0.2) is 5.11 Å². The largest absolute Gasteiger partial charge is 0.508 e. The minimum atomic E-state index is -0.351. The molecule has 0 bridgehead atoms. The fourth-order valence-electron chi connectivity index (χ4n) is 1.09. The Labute approximate surface area is 82.6 Å². The molecule has 0 radical (unpaired) electrons. The monoisotopic (exact) mass is 197 g/mol. The second kappa shape index (κ2) is 3.81. The number of phenolic OH excluding ortho intramolecular Hbond substituents is 1. The molecule has 0 amide bonds. The molecule has 0 aromatic heterocycles. The molecule has 70 valence electrons. The summed E-state index contributed by atoms with van der Waals surface area (Å²) >= 11 is 5.81. The van der Waals surface area contributed by atoms with Crippen molar-refractivity contribution in [2.24, 2.45) is 5.73 Å². The van der Waals surface area contributed by atoms with Crippen LogP contribution in [0.2, 0.25) is 5.02 Å². The third kappa shape index (κ3) is 2.02. The Bertz CT molecular complexity index is 336. The standard InChI is InChI=1S/C10H12ClNO/c1-3-9(12)7-4-6(2)8(11)5-10(7)13/h3-5,9,13H,1,12H2,2H3/t9-/m1/s1.